The number of carbonyl (C=O) groups excluding carboxylic acids is 2. The molecule has 3 heterocycles. The Labute approximate surface area is 172 Å². The third-order valence-corrected chi connectivity index (χ3v) is 5.44. The summed E-state index contributed by atoms with van der Waals surface area (Å²) in [5, 5.41) is 5.06. The van der Waals surface area contributed by atoms with E-state index >= 15 is 0 Å². The zero-order valence-corrected chi connectivity index (χ0v) is 18.1. The summed E-state index contributed by atoms with van der Waals surface area (Å²) in [5.74, 6) is -0.469. The number of ether oxygens (including phenoxy) is 1. The standard InChI is InChI=1S/C22H32N4O3/c1-14(2)19-12-17(18-13-23-26(15(3)4)20(18)24-19)22(28)29-16(5)21(27)25-10-8-6-7-9-11-25/h12-16H,6-11H2,1-5H3/t16-/m1/s1. The average Bonchev–Trinajstić information content (AvgIpc) is 2.92. The van der Waals surface area contributed by atoms with Gasteiger partial charge in [-0.3, -0.25) is 4.79 Å². The fraction of sp³-hybridized carbons (Fsp3) is 0.636. The molecule has 0 unspecified atom stereocenters. The Bertz CT molecular complexity index is 880. The van der Waals surface area contributed by atoms with Crippen LogP contribution in [0.2, 0.25) is 0 Å². The Hall–Kier alpha value is -2.44. The fourth-order valence-electron chi connectivity index (χ4n) is 3.70. The average molecular weight is 401 g/mol. The van der Waals surface area contributed by atoms with Crippen LogP contribution in [0.5, 0.6) is 0 Å². The molecule has 2 aromatic rings. The molecule has 158 valence electrons. The molecule has 0 radical (unpaired) electrons. The molecule has 2 aromatic heterocycles. The minimum atomic E-state index is -0.813. The second-order valence-corrected chi connectivity index (χ2v) is 8.46. The van der Waals surface area contributed by atoms with Gasteiger partial charge in [-0.15, -0.1) is 0 Å². The number of aromatic nitrogens is 3. The topological polar surface area (TPSA) is 77.3 Å². The Morgan fingerprint density at radius 1 is 1.03 bits per heavy atom. The number of amides is 1. The van der Waals surface area contributed by atoms with Crippen molar-refractivity contribution >= 4 is 22.9 Å². The number of carbonyl (C=O) groups is 2. The number of fused-ring (bicyclic) bond motifs is 1. The Morgan fingerprint density at radius 2 is 1.69 bits per heavy atom. The molecule has 0 saturated carbocycles. The highest BCUT2D eigenvalue weighted by molar-refractivity contribution is 6.03. The number of likely N-dealkylation sites (tertiary alicyclic amines) is 1. The summed E-state index contributed by atoms with van der Waals surface area (Å²) >= 11 is 0. The van der Waals surface area contributed by atoms with Crippen molar-refractivity contribution < 1.29 is 14.3 Å². The molecule has 1 aliphatic heterocycles. The van der Waals surface area contributed by atoms with Crippen LogP contribution in [0.1, 0.15) is 88.3 Å². The van der Waals surface area contributed by atoms with Gasteiger partial charge in [-0.25, -0.2) is 14.5 Å². The third-order valence-electron chi connectivity index (χ3n) is 5.44. The van der Waals surface area contributed by atoms with Crippen molar-refractivity contribution in [3.8, 4) is 0 Å². The minimum Gasteiger partial charge on any atom is -0.449 e. The molecule has 1 amide bonds. The van der Waals surface area contributed by atoms with Gasteiger partial charge in [0.15, 0.2) is 11.8 Å². The number of hydrogen-bond donors (Lipinski definition) is 0. The van der Waals surface area contributed by atoms with Crippen molar-refractivity contribution in [1.82, 2.24) is 19.7 Å². The van der Waals surface area contributed by atoms with Gasteiger partial charge in [-0.1, -0.05) is 26.7 Å². The van der Waals surface area contributed by atoms with E-state index in [-0.39, 0.29) is 17.9 Å². The molecule has 3 rings (SSSR count). The highest BCUT2D eigenvalue weighted by atomic mass is 16.5. The van der Waals surface area contributed by atoms with Crippen LogP contribution in [0.15, 0.2) is 12.3 Å². The lowest BCUT2D eigenvalue weighted by atomic mass is 10.1. The van der Waals surface area contributed by atoms with Crippen LogP contribution < -0.4 is 0 Å². The Balaban J connectivity index is 1.87. The predicted molar refractivity (Wildman–Crippen MR) is 112 cm³/mol. The number of pyridine rings is 1. The van der Waals surface area contributed by atoms with E-state index in [1.54, 1.807) is 19.2 Å². The Morgan fingerprint density at radius 3 is 2.28 bits per heavy atom. The summed E-state index contributed by atoms with van der Waals surface area (Å²) in [6.45, 7) is 11.2. The van der Waals surface area contributed by atoms with Gasteiger partial charge in [0.05, 0.1) is 17.1 Å². The van der Waals surface area contributed by atoms with Gasteiger partial charge >= 0.3 is 5.97 Å². The molecule has 1 fully saturated rings. The highest BCUT2D eigenvalue weighted by Gasteiger charge is 2.27. The summed E-state index contributed by atoms with van der Waals surface area (Å²) in [5.41, 5.74) is 1.89. The van der Waals surface area contributed by atoms with Gasteiger partial charge in [0.25, 0.3) is 5.91 Å². The van der Waals surface area contributed by atoms with Crippen LogP contribution in [-0.2, 0) is 9.53 Å². The first-order chi connectivity index (χ1) is 13.8. The summed E-state index contributed by atoms with van der Waals surface area (Å²) in [6, 6.07) is 1.89. The number of hydrogen-bond acceptors (Lipinski definition) is 5. The number of nitrogens with zero attached hydrogens (tertiary/aromatic N) is 4. The van der Waals surface area contributed by atoms with E-state index in [1.807, 2.05) is 37.3 Å². The van der Waals surface area contributed by atoms with Crippen molar-refractivity contribution in [3.63, 3.8) is 0 Å². The van der Waals surface area contributed by atoms with Crippen molar-refractivity contribution in [2.45, 2.75) is 78.4 Å². The summed E-state index contributed by atoms with van der Waals surface area (Å²) in [6.07, 6.45) is 5.14. The maximum absolute atomic E-state index is 13.0. The first kappa shape index (κ1) is 21.3. The number of rotatable bonds is 5. The maximum Gasteiger partial charge on any atom is 0.339 e. The minimum absolute atomic E-state index is 0.118. The molecule has 0 spiro atoms. The molecule has 0 aromatic carbocycles. The third kappa shape index (κ3) is 4.60. The molecule has 1 aliphatic rings. The maximum atomic E-state index is 13.0. The van der Waals surface area contributed by atoms with Crippen LogP contribution in [0, 0.1) is 0 Å². The lowest BCUT2D eigenvalue weighted by molar-refractivity contribution is -0.139. The number of esters is 1. The van der Waals surface area contributed by atoms with Gasteiger partial charge in [0, 0.05) is 24.8 Å². The fourth-order valence-corrected chi connectivity index (χ4v) is 3.70. The van der Waals surface area contributed by atoms with E-state index < -0.39 is 12.1 Å². The van der Waals surface area contributed by atoms with Crippen LogP contribution in [-0.4, -0.2) is 50.7 Å². The van der Waals surface area contributed by atoms with Gasteiger partial charge in [-0.05, 0) is 45.6 Å². The zero-order chi connectivity index (χ0) is 21.1. The summed E-state index contributed by atoms with van der Waals surface area (Å²) in [4.78, 5) is 32.3. The molecule has 29 heavy (non-hydrogen) atoms. The van der Waals surface area contributed by atoms with E-state index in [0.717, 1.165) is 44.5 Å². The molecule has 1 atom stereocenters. The van der Waals surface area contributed by atoms with Gasteiger partial charge in [0.2, 0.25) is 0 Å². The van der Waals surface area contributed by atoms with Crippen molar-refractivity contribution in [3.05, 3.63) is 23.5 Å². The van der Waals surface area contributed by atoms with E-state index in [9.17, 15) is 9.59 Å². The zero-order valence-electron chi connectivity index (χ0n) is 18.1. The van der Waals surface area contributed by atoms with Crippen LogP contribution in [0.4, 0.5) is 0 Å². The van der Waals surface area contributed by atoms with Crippen LogP contribution in [0.25, 0.3) is 11.0 Å². The van der Waals surface area contributed by atoms with E-state index in [0.29, 0.717) is 16.6 Å². The van der Waals surface area contributed by atoms with Crippen molar-refractivity contribution in [2.75, 3.05) is 13.1 Å². The highest BCUT2D eigenvalue weighted by Crippen LogP contribution is 2.25. The van der Waals surface area contributed by atoms with Gasteiger partial charge in [0.1, 0.15) is 0 Å². The molecule has 0 N–H and O–H groups in total. The SMILES string of the molecule is CC(C)c1cc(C(=O)O[C@H](C)C(=O)N2CCCCCC2)c2cnn(C(C)C)c2n1. The van der Waals surface area contributed by atoms with E-state index in [1.165, 1.54) is 0 Å². The molecular weight excluding hydrogens is 368 g/mol. The van der Waals surface area contributed by atoms with Crippen molar-refractivity contribution in [1.29, 1.82) is 0 Å². The largest absolute Gasteiger partial charge is 0.449 e. The molecule has 0 aliphatic carbocycles. The summed E-state index contributed by atoms with van der Waals surface area (Å²) < 4.78 is 7.42. The smallest absolute Gasteiger partial charge is 0.339 e. The normalized spacial score (nSPS) is 16.3. The second-order valence-electron chi connectivity index (χ2n) is 8.46. The van der Waals surface area contributed by atoms with Gasteiger partial charge < -0.3 is 9.64 Å². The first-order valence-electron chi connectivity index (χ1n) is 10.7. The predicted octanol–water partition coefficient (Wildman–Crippen LogP) is 4.08. The monoisotopic (exact) mass is 400 g/mol. The summed E-state index contributed by atoms with van der Waals surface area (Å²) in [7, 11) is 0. The van der Waals surface area contributed by atoms with Crippen LogP contribution >= 0.6 is 0 Å². The van der Waals surface area contributed by atoms with E-state index in [4.69, 9.17) is 9.72 Å². The second kappa shape index (κ2) is 8.93. The van der Waals surface area contributed by atoms with Crippen molar-refractivity contribution in [2.24, 2.45) is 0 Å². The van der Waals surface area contributed by atoms with Crippen LogP contribution in [0.3, 0.4) is 0 Å². The Kier molecular flexibility index (Phi) is 6.55. The quantitative estimate of drug-likeness (QED) is 0.707. The lowest BCUT2D eigenvalue weighted by Crippen LogP contribution is -2.40. The molecule has 0 bridgehead atoms. The molecule has 7 heteroatoms. The first-order valence-corrected chi connectivity index (χ1v) is 10.7. The van der Waals surface area contributed by atoms with Gasteiger partial charge in [-0.2, -0.15) is 5.10 Å². The molecular formula is C22H32N4O3. The molecule has 1 saturated heterocycles. The van der Waals surface area contributed by atoms with E-state index in [2.05, 4.69) is 5.10 Å². The molecule has 7 nitrogen and oxygen atoms in total. The lowest BCUT2D eigenvalue weighted by Gasteiger charge is -2.24.